The summed E-state index contributed by atoms with van der Waals surface area (Å²) in [4.78, 5) is 5.64. The molecule has 0 saturated heterocycles. The number of aromatic nitrogens is 1. The number of nitrogens with one attached hydrogen (secondary N) is 1. The molecule has 1 aromatic heterocycles. The first-order valence-electron chi connectivity index (χ1n) is 5.56. The van der Waals surface area contributed by atoms with Crippen molar-refractivity contribution < 1.29 is 0 Å². The fourth-order valence-electron chi connectivity index (χ4n) is 2.14. The first-order chi connectivity index (χ1) is 7.29. The molecule has 0 amide bonds. The minimum Gasteiger partial charge on any atom is -0.367 e. The van der Waals surface area contributed by atoms with Gasteiger partial charge in [-0.25, -0.2) is 4.98 Å². The molecule has 82 valence electrons. The zero-order valence-electron chi connectivity index (χ0n) is 9.36. The molecule has 0 radical (unpaired) electrons. The van der Waals surface area contributed by atoms with Crippen LogP contribution in [0.5, 0.6) is 0 Å². The first kappa shape index (κ1) is 10.8. The Kier molecular flexibility index (Phi) is 3.52. The Hall–Kier alpha value is -0.700. The topological polar surface area (TPSA) is 24.9 Å². The van der Waals surface area contributed by atoms with Gasteiger partial charge in [-0.2, -0.15) is 0 Å². The molecule has 2 atom stereocenters. The Morgan fingerprint density at radius 3 is 2.80 bits per heavy atom. The van der Waals surface area contributed by atoms with E-state index in [2.05, 4.69) is 35.6 Å². The van der Waals surface area contributed by atoms with Crippen LogP contribution in [-0.2, 0) is 0 Å². The van der Waals surface area contributed by atoms with E-state index in [0.29, 0.717) is 6.04 Å². The number of nitrogens with zero attached hydrogens (tertiary/aromatic N) is 1. The van der Waals surface area contributed by atoms with E-state index >= 15 is 0 Å². The highest BCUT2D eigenvalue weighted by molar-refractivity contribution is 7.98. The molecular formula is C12H18N2S. The van der Waals surface area contributed by atoms with Gasteiger partial charge in [0.1, 0.15) is 5.82 Å². The summed E-state index contributed by atoms with van der Waals surface area (Å²) < 4.78 is 0. The van der Waals surface area contributed by atoms with Crippen molar-refractivity contribution in [2.24, 2.45) is 5.92 Å². The van der Waals surface area contributed by atoms with E-state index < -0.39 is 0 Å². The minimum absolute atomic E-state index is 0.623. The molecule has 1 aromatic rings. The number of anilines is 1. The minimum atomic E-state index is 0.623. The van der Waals surface area contributed by atoms with Gasteiger partial charge >= 0.3 is 0 Å². The quantitative estimate of drug-likeness (QED) is 0.793. The monoisotopic (exact) mass is 222 g/mol. The van der Waals surface area contributed by atoms with Crippen molar-refractivity contribution in [2.45, 2.75) is 37.1 Å². The molecule has 2 rings (SSSR count). The fraction of sp³-hybridized carbons (Fsp3) is 0.583. The standard InChI is InChI=1S/C12H18N2S/c1-9-4-3-5-11(9)14-12-7-6-10(15-2)8-13-12/h6-9,11H,3-5H2,1-2H3,(H,13,14). The maximum atomic E-state index is 4.42. The Morgan fingerprint density at radius 1 is 1.40 bits per heavy atom. The maximum absolute atomic E-state index is 4.42. The van der Waals surface area contributed by atoms with Crippen LogP contribution in [-0.4, -0.2) is 17.3 Å². The summed E-state index contributed by atoms with van der Waals surface area (Å²) in [6, 6.07) is 4.83. The van der Waals surface area contributed by atoms with Crippen molar-refractivity contribution in [3.63, 3.8) is 0 Å². The molecule has 2 unspecified atom stereocenters. The molecule has 0 bridgehead atoms. The van der Waals surface area contributed by atoms with Crippen molar-refractivity contribution in [1.29, 1.82) is 0 Å². The first-order valence-corrected chi connectivity index (χ1v) is 6.78. The van der Waals surface area contributed by atoms with Crippen LogP contribution in [0.15, 0.2) is 23.2 Å². The highest BCUT2D eigenvalue weighted by atomic mass is 32.2. The van der Waals surface area contributed by atoms with Crippen molar-refractivity contribution in [3.8, 4) is 0 Å². The zero-order chi connectivity index (χ0) is 10.7. The largest absolute Gasteiger partial charge is 0.367 e. The van der Waals surface area contributed by atoms with E-state index in [0.717, 1.165) is 11.7 Å². The number of hydrogen-bond donors (Lipinski definition) is 1. The molecule has 0 aliphatic heterocycles. The van der Waals surface area contributed by atoms with Crippen LogP contribution >= 0.6 is 11.8 Å². The Bertz CT molecular complexity index is 310. The third kappa shape index (κ3) is 2.65. The molecular weight excluding hydrogens is 204 g/mol. The summed E-state index contributed by atoms with van der Waals surface area (Å²) in [6.45, 7) is 2.32. The number of thioether (sulfide) groups is 1. The Balaban J connectivity index is 1.98. The lowest BCUT2D eigenvalue weighted by Gasteiger charge is -2.17. The number of pyridine rings is 1. The van der Waals surface area contributed by atoms with Gasteiger partial charge in [0.05, 0.1) is 0 Å². The Morgan fingerprint density at radius 2 is 2.27 bits per heavy atom. The van der Waals surface area contributed by atoms with Gasteiger partial charge in [0.2, 0.25) is 0 Å². The zero-order valence-corrected chi connectivity index (χ0v) is 10.2. The van der Waals surface area contributed by atoms with E-state index in [-0.39, 0.29) is 0 Å². The van der Waals surface area contributed by atoms with Gasteiger partial charge in [-0.05, 0) is 37.1 Å². The third-order valence-electron chi connectivity index (χ3n) is 3.17. The fourth-order valence-corrected chi connectivity index (χ4v) is 2.50. The Labute approximate surface area is 95.9 Å². The molecule has 1 aliphatic carbocycles. The van der Waals surface area contributed by atoms with E-state index in [9.17, 15) is 0 Å². The van der Waals surface area contributed by atoms with E-state index in [4.69, 9.17) is 0 Å². The summed E-state index contributed by atoms with van der Waals surface area (Å²) in [6.07, 6.45) is 7.99. The van der Waals surface area contributed by atoms with E-state index in [1.54, 1.807) is 11.8 Å². The summed E-state index contributed by atoms with van der Waals surface area (Å²) in [5, 5.41) is 3.52. The molecule has 2 nitrogen and oxygen atoms in total. The number of rotatable bonds is 3. The predicted octanol–water partition coefficient (Wildman–Crippen LogP) is 3.40. The van der Waals surface area contributed by atoms with Gasteiger partial charge < -0.3 is 5.32 Å². The molecule has 1 heterocycles. The highest BCUT2D eigenvalue weighted by Gasteiger charge is 2.22. The normalized spacial score (nSPS) is 25.5. The average Bonchev–Trinajstić information content (AvgIpc) is 2.66. The predicted molar refractivity (Wildman–Crippen MR) is 66.4 cm³/mol. The van der Waals surface area contributed by atoms with Crippen molar-refractivity contribution >= 4 is 17.6 Å². The van der Waals surface area contributed by atoms with Crippen LogP contribution in [0.2, 0.25) is 0 Å². The molecule has 1 saturated carbocycles. The lowest BCUT2D eigenvalue weighted by molar-refractivity contribution is 0.555. The lowest BCUT2D eigenvalue weighted by atomic mass is 10.1. The van der Waals surface area contributed by atoms with Gasteiger partial charge in [-0.3, -0.25) is 0 Å². The molecule has 3 heteroatoms. The van der Waals surface area contributed by atoms with Gasteiger partial charge in [0.15, 0.2) is 0 Å². The second kappa shape index (κ2) is 4.88. The van der Waals surface area contributed by atoms with Crippen LogP contribution in [0.25, 0.3) is 0 Å². The van der Waals surface area contributed by atoms with Crippen LogP contribution < -0.4 is 5.32 Å². The molecule has 0 aromatic carbocycles. The molecule has 1 aliphatic rings. The smallest absolute Gasteiger partial charge is 0.126 e. The highest BCUT2D eigenvalue weighted by Crippen LogP contribution is 2.27. The van der Waals surface area contributed by atoms with Crippen LogP contribution in [0.3, 0.4) is 0 Å². The van der Waals surface area contributed by atoms with Crippen LogP contribution in [0.4, 0.5) is 5.82 Å². The lowest BCUT2D eigenvalue weighted by Crippen LogP contribution is -2.22. The summed E-state index contributed by atoms with van der Waals surface area (Å²) in [5.74, 6) is 1.80. The summed E-state index contributed by atoms with van der Waals surface area (Å²) in [7, 11) is 0. The van der Waals surface area contributed by atoms with Crippen molar-refractivity contribution in [3.05, 3.63) is 18.3 Å². The molecule has 1 fully saturated rings. The maximum Gasteiger partial charge on any atom is 0.126 e. The van der Waals surface area contributed by atoms with Gasteiger partial charge in [-0.1, -0.05) is 13.3 Å². The van der Waals surface area contributed by atoms with Gasteiger partial charge in [-0.15, -0.1) is 11.8 Å². The van der Waals surface area contributed by atoms with Crippen LogP contribution in [0, 0.1) is 5.92 Å². The summed E-state index contributed by atoms with van der Waals surface area (Å²) >= 11 is 1.73. The van der Waals surface area contributed by atoms with Crippen LogP contribution in [0.1, 0.15) is 26.2 Å². The summed E-state index contributed by atoms with van der Waals surface area (Å²) in [5.41, 5.74) is 0. The second-order valence-corrected chi connectivity index (χ2v) is 5.12. The van der Waals surface area contributed by atoms with Gasteiger partial charge in [0, 0.05) is 17.1 Å². The van der Waals surface area contributed by atoms with E-state index in [1.165, 1.54) is 24.2 Å². The second-order valence-electron chi connectivity index (χ2n) is 4.24. The molecule has 1 N–H and O–H groups in total. The van der Waals surface area contributed by atoms with E-state index in [1.807, 2.05) is 6.20 Å². The van der Waals surface area contributed by atoms with Gasteiger partial charge in [0.25, 0.3) is 0 Å². The average molecular weight is 222 g/mol. The number of hydrogen-bond acceptors (Lipinski definition) is 3. The third-order valence-corrected chi connectivity index (χ3v) is 3.88. The van der Waals surface area contributed by atoms with Crippen molar-refractivity contribution in [2.75, 3.05) is 11.6 Å². The molecule has 0 spiro atoms. The van der Waals surface area contributed by atoms with Crippen molar-refractivity contribution in [1.82, 2.24) is 4.98 Å². The SMILES string of the molecule is CSc1ccc(NC2CCCC2C)nc1. The molecule has 15 heavy (non-hydrogen) atoms.